The number of amides is 3. The Hall–Kier alpha value is -4.36. The zero-order chi connectivity index (χ0) is 30.8. The zero-order valence-corrected chi connectivity index (χ0v) is 24.6. The number of ether oxygens (including phenoxy) is 1. The number of fused-ring (bicyclic) bond motifs is 2. The van der Waals surface area contributed by atoms with Gasteiger partial charge in [0.15, 0.2) is 0 Å². The van der Waals surface area contributed by atoms with Gasteiger partial charge in [0, 0.05) is 36.8 Å². The normalized spacial score (nSPS) is 28.9. The standard InChI is InChI=1S/C29H38N8O6/c1-28(2,3)43-27(42)31-21-12-8-6-4-5-7-11-19-15-29(19,26(40)41)32-24(38)22-14-20(17-36(22)25(21)39)37-34-23(33-35-37)18-10-9-13-30-16-18/h7,9-11,13,16,19-22H,4-6,8,12,14-15,17H2,1-3H3,(H,31,42)(H,32,38)(H,40,41)/b11-7-/t19-,20+,21-,22+,29+/m1/s1. The third kappa shape index (κ3) is 6.83. The first-order chi connectivity index (χ1) is 20.5. The quantitative estimate of drug-likeness (QED) is 0.444. The molecule has 2 aromatic heterocycles. The van der Waals surface area contributed by atoms with Crippen LogP contribution in [0.2, 0.25) is 0 Å². The average Bonchev–Trinajstić information content (AvgIpc) is 3.28. The molecule has 3 aliphatic rings. The van der Waals surface area contributed by atoms with Crippen LogP contribution in [-0.2, 0) is 19.1 Å². The number of carbonyl (C=O) groups is 4. The van der Waals surface area contributed by atoms with Crippen LogP contribution in [0.5, 0.6) is 0 Å². The number of nitrogens with zero attached hydrogens (tertiary/aromatic N) is 6. The molecule has 14 nitrogen and oxygen atoms in total. The maximum absolute atomic E-state index is 14.1. The molecule has 0 aromatic carbocycles. The largest absolute Gasteiger partial charge is 0.479 e. The van der Waals surface area contributed by atoms with Crippen molar-refractivity contribution in [1.29, 1.82) is 0 Å². The van der Waals surface area contributed by atoms with Gasteiger partial charge in [-0.1, -0.05) is 25.0 Å². The lowest BCUT2D eigenvalue weighted by atomic mass is 10.0. The first kappa shape index (κ1) is 30.1. The molecular formula is C29H38N8O6. The SMILES string of the molecule is CC(C)(C)OC(=O)N[C@@H]1CCCCC/C=C\[C@@H]2C[C@]2(C(=O)O)NC(=O)[C@@H]2C[C@H](n3nnc(-c4cccnc4)n3)CN2C1=O. The van der Waals surface area contributed by atoms with Crippen molar-refractivity contribution in [2.45, 2.75) is 95.0 Å². The molecule has 0 radical (unpaired) electrons. The number of rotatable bonds is 4. The zero-order valence-electron chi connectivity index (χ0n) is 24.6. The van der Waals surface area contributed by atoms with Gasteiger partial charge >= 0.3 is 12.1 Å². The molecule has 0 bridgehead atoms. The van der Waals surface area contributed by atoms with Gasteiger partial charge in [-0.15, -0.1) is 10.2 Å². The Morgan fingerprint density at radius 2 is 2.02 bits per heavy atom. The van der Waals surface area contributed by atoms with Gasteiger partial charge in [0.1, 0.15) is 23.2 Å². The lowest BCUT2D eigenvalue weighted by Gasteiger charge is -2.30. The number of hydrogen-bond donors (Lipinski definition) is 3. The van der Waals surface area contributed by atoms with Gasteiger partial charge in [-0.05, 0) is 63.8 Å². The van der Waals surface area contributed by atoms with Gasteiger partial charge in [0.2, 0.25) is 17.6 Å². The van der Waals surface area contributed by atoms with Crippen LogP contribution in [0.4, 0.5) is 4.79 Å². The molecule has 14 heteroatoms. The predicted octanol–water partition coefficient (Wildman–Crippen LogP) is 2.25. The van der Waals surface area contributed by atoms with Crippen LogP contribution in [-0.4, -0.2) is 88.8 Å². The van der Waals surface area contributed by atoms with Gasteiger partial charge < -0.3 is 25.4 Å². The Kier molecular flexibility index (Phi) is 8.47. The topological polar surface area (TPSA) is 182 Å². The molecule has 230 valence electrons. The molecule has 1 saturated carbocycles. The molecule has 0 spiro atoms. The lowest BCUT2D eigenvalue weighted by Crippen LogP contribution is -2.56. The van der Waals surface area contributed by atoms with E-state index in [-0.39, 0.29) is 25.3 Å². The molecule has 5 rings (SSSR count). The number of allylic oxidation sites excluding steroid dienone is 1. The van der Waals surface area contributed by atoms with Crippen molar-refractivity contribution in [2.75, 3.05) is 6.54 Å². The Labute approximate surface area is 249 Å². The van der Waals surface area contributed by atoms with Gasteiger partial charge in [-0.25, -0.2) is 9.59 Å². The molecule has 4 heterocycles. The number of carboxylic acids is 1. The maximum atomic E-state index is 14.1. The summed E-state index contributed by atoms with van der Waals surface area (Å²) < 4.78 is 5.43. The molecule has 2 aliphatic heterocycles. The number of nitrogens with one attached hydrogen (secondary N) is 2. The van der Waals surface area contributed by atoms with Crippen molar-refractivity contribution in [3.8, 4) is 11.4 Å². The molecule has 5 atom stereocenters. The summed E-state index contributed by atoms with van der Waals surface area (Å²) in [4.78, 5) is 59.8. The Morgan fingerprint density at radius 3 is 2.74 bits per heavy atom. The van der Waals surface area contributed by atoms with Crippen LogP contribution >= 0.6 is 0 Å². The third-order valence-electron chi connectivity index (χ3n) is 8.00. The number of aliphatic carboxylic acids is 1. The van der Waals surface area contributed by atoms with Crippen LogP contribution in [0.15, 0.2) is 36.7 Å². The molecule has 1 saturated heterocycles. The highest BCUT2D eigenvalue weighted by Crippen LogP contribution is 2.45. The second-order valence-electron chi connectivity index (χ2n) is 12.4. The first-order valence-corrected chi connectivity index (χ1v) is 14.7. The van der Waals surface area contributed by atoms with E-state index >= 15 is 0 Å². The summed E-state index contributed by atoms with van der Waals surface area (Å²) in [6, 6.07) is 1.07. The van der Waals surface area contributed by atoms with Gasteiger partial charge in [0.05, 0.1) is 6.04 Å². The number of alkyl carbamates (subject to hydrolysis) is 1. The summed E-state index contributed by atoms with van der Waals surface area (Å²) in [5.74, 6) is -2.13. The minimum Gasteiger partial charge on any atom is -0.479 e. The summed E-state index contributed by atoms with van der Waals surface area (Å²) >= 11 is 0. The number of pyridine rings is 1. The van der Waals surface area contributed by atoms with E-state index in [1.165, 1.54) is 9.70 Å². The number of hydrogen-bond acceptors (Lipinski definition) is 9. The van der Waals surface area contributed by atoms with Gasteiger partial charge in [-0.3, -0.25) is 14.6 Å². The minimum absolute atomic E-state index is 0.0651. The smallest absolute Gasteiger partial charge is 0.408 e. The number of carboxylic acid groups (broad SMARTS) is 1. The molecule has 3 amide bonds. The van der Waals surface area contributed by atoms with Crippen LogP contribution in [0, 0.1) is 5.92 Å². The second kappa shape index (κ2) is 12.1. The summed E-state index contributed by atoms with van der Waals surface area (Å²) in [6.07, 6.45) is 10.2. The second-order valence-corrected chi connectivity index (χ2v) is 12.4. The van der Waals surface area contributed by atoms with Crippen molar-refractivity contribution in [3.63, 3.8) is 0 Å². The molecule has 3 N–H and O–H groups in total. The number of carbonyl (C=O) groups excluding carboxylic acids is 3. The van der Waals surface area contributed by atoms with E-state index in [9.17, 15) is 24.3 Å². The molecule has 43 heavy (non-hydrogen) atoms. The van der Waals surface area contributed by atoms with Crippen LogP contribution < -0.4 is 10.6 Å². The van der Waals surface area contributed by atoms with E-state index in [4.69, 9.17) is 4.74 Å². The molecule has 0 unspecified atom stereocenters. The monoisotopic (exact) mass is 594 g/mol. The third-order valence-corrected chi connectivity index (χ3v) is 8.00. The lowest BCUT2D eigenvalue weighted by molar-refractivity contribution is -0.145. The summed E-state index contributed by atoms with van der Waals surface area (Å²) in [5.41, 5.74) is -1.53. The Morgan fingerprint density at radius 1 is 1.21 bits per heavy atom. The van der Waals surface area contributed by atoms with E-state index in [2.05, 4.69) is 31.0 Å². The van der Waals surface area contributed by atoms with Gasteiger partial charge in [0.25, 0.3) is 0 Å². The highest BCUT2D eigenvalue weighted by atomic mass is 16.6. The summed E-state index contributed by atoms with van der Waals surface area (Å²) in [7, 11) is 0. The van der Waals surface area contributed by atoms with E-state index < -0.39 is 53.1 Å². The van der Waals surface area contributed by atoms with Crippen molar-refractivity contribution < 1.29 is 29.0 Å². The van der Waals surface area contributed by atoms with E-state index in [0.717, 1.165) is 19.3 Å². The van der Waals surface area contributed by atoms with Crippen molar-refractivity contribution in [2.24, 2.45) is 5.92 Å². The van der Waals surface area contributed by atoms with Crippen LogP contribution in [0.1, 0.15) is 71.8 Å². The Balaban J connectivity index is 1.44. The highest BCUT2D eigenvalue weighted by Gasteiger charge is 2.61. The van der Waals surface area contributed by atoms with Gasteiger partial charge in [-0.2, -0.15) is 4.80 Å². The van der Waals surface area contributed by atoms with E-state index in [1.807, 2.05) is 12.2 Å². The van der Waals surface area contributed by atoms with E-state index in [0.29, 0.717) is 24.2 Å². The highest BCUT2D eigenvalue weighted by molar-refractivity contribution is 5.96. The molecule has 1 aliphatic carbocycles. The minimum atomic E-state index is -1.42. The summed E-state index contributed by atoms with van der Waals surface area (Å²) in [5, 5.41) is 28.3. The van der Waals surface area contributed by atoms with E-state index in [1.54, 1.807) is 45.3 Å². The number of tetrazole rings is 1. The van der Waals surface area contributed by atoms with Crippen molar-refractivity contribution in [3.05, 3.63) is 36.7 Å². The van der Waals surface area contributed by atoms with Crippen LogP contribution in [0.3, 0.4) is 0 Å². The van der Waals surface area contributed by atoms with Crippen molar-refractivity contribution >= 4 is 23.9 Å². The molecule has 2 aromatic rings. The Bertz CT molecular complexity index is 1390. The fourth-order valence-corrected chi connectivity index (χ4v) is 5.69. The number of aromatic nitrogens is 5. The average molecular weight is 595 g/mol. The van der Waals surface area contributed by atoms with Crippen LogP contribution in [0.25, 0.3) is 11.4 Å². The fourth-order valence-electron chi connectivity index (χ4n) is 5.69. The fraction of sp³-hybridized carbons (Fsp3) is 0.586. The molecule has 2 fully saturated rings. The van der Waals surface area contributed by atoms with Crippen molar-refractivity contribution in [1.82, 2.24) is 40.7 Å². The first-order valence-electron chi connectivity index (χ1n) is 14.7. The predicted molar refractivity (Wildman–Crippen MR) is 152 cm³/mol. The summed E-state index contributed by atoms with van der Waals surface area (Å²) in [6.45, 7) is 5.27. The molecular weight excluding hydrogens is 556 g/mol. The maximum Gasteiger partial charge on any atom is 0.408 e.